The van der Waals surface area contributed by atoms with Crippen LogP contribution >= 0.6 is 10.8 Å². The second-order valence-corrected chi connectivity index (χ2v) is 15.3. The number of hydrogen-bond acceptors (Lipinski definition) is 12. The molecule has 45 heavy (non-hydrogen) atoms. The van der Waals surface area contributed by atoms with Crippen LogP contribution in [0.15, 0.2) is 45.5 Å². The molecule has 15 heteroatoms. The van der Waals surface area contributed by atoms with E-state index in [1.54, 1.807) is 6.92 Å². The monoisotopic (exact) mass is 672 g/mol. The lowest BCUT2D eigenvalue weighted by Gasteiger charge is -2.39. The van der Waals surface area contributed by atoms with E-state index in [0.717, 1.165) is 30.7 Å². The summed E-state index contributed by atoms with van der Waals surface area (Å²) in [5, 5.41) is 47.3. The summed E-state index contributed by atoms with van der Waals surface area (Å²) in [6, 6.07) is 0. The van der Waals surface area contributed by atoms with E-state index >= 15 is 0 Å². The Bertz CT molecular complexity index is 1320. The average Bonchev–Trinajstić information content (AvgIpc) is 3.41. The molecule has 0 spiro atoms. The third-order valence-electron chi connectivity index (χ3n) is 7.90. The molecule has 1 fully saturated rings. The van der Waals surface area contributed by atoms with Crippen LogP contribution in [0, 0.1) is 11.8 Å². The molecule has 0 bridgehead atoms. The molecule has 3 rings (SSSR count). The Morgan fingerprint density at radius 1 is 1.16 bits per heavy atom. The predicted molar refractivity (Wildman–Crippen MR) is 166 cm³/mol. The minimum absolute atomic E-state index is 0.0482. The number of esters is 1. The highest BCUT2D eigenvalue weighted by atomic mass is 33.1. The molecule has 13 nitrogen and oxygen atoms in total. The van der Waals surface area contributed by atoms with Gasteiger partial charge in [-0.05, 0) is 44.6 Å². The molecule has 2 amide bonds. The second kappa shape index (κ2) is 16.9. The lowest BCUT2D eigenvalue weighted by Crippen LogP contribution is -2.54. The van der Waals surface area contributed by atoms with E-state index < -0.39 is 51.3 Å². The van der Waals surface area contributed by atoms with E-state index in [0.29, 0.717) is 30.1 Å². The molecular formula is C30H44N2O11S2. The molecule has 1 saturated heterocycles. The Kier molecular flexibility index (Phi) is 13.8. The number of aliphatic hydroxyl groups excluding tert-OH is 4. The molecule has 252 valence electrons. The Hall–Kier alpha value is -2.53. The van der Waals surface area contributed by atoms with Gasteiger partial charge in [-0.25, -0.2) is 13.2 Å². The molecule has 0 saturated carbocycles. The summed E-state index contributed by atoms with van der Waals surface area (Å²) in [7, 11) is -2.98. The quantitative estimate of drug-likeness (QED) is 0.0450. The summed E-state index contributed by atoms with van der Waals surface area (Å²) in [6.07, 6.45) is 3.38. The summed E-state index contributed by atoms with van der Waals surface area (Å²) >= 11 is 0. The minimum Gasteiger partial charge on any atom is -0.463 e. The number of fused-ring (bicyclic) bond motifs is 1. The van der Waals surface area contributed by atoms with Crippen molar-refractivity contribution >= 4 is 37.4 Å². The number of allylic oxidation sites excluding steroid dienone is 1. The standard InChI is InChI=1S/C30H44N2O11S2/c1-17(19(3)33)10-9-11-20-15-43-28(27(38)26(20)37)25(36)18(2)14-23(35)42-13-8-6-4-5-7-12-22(34)32-24-29-21(31-30(24)39)16-45(40,41)44-29/h9-10,14,16-17,19-20,25-28,33,36-38H,4-8,11-13,15H2,1-3H3,(H,31,39)(H,32,34)/b10-9+,18-14+. The number of nitrogens with one attached hydrogen (secondary N) is 2. The fourth-order valence-electron chi connectivity index (χ4n) is 4.93. The topological polar surface area (TPSA) is 209 Å². The highest BCUT2D eigenvalue weighted by Gasteiger charge is 2.42. The summed E-state index contributed by atoms with van der Waals surface area (Å²) in [5.74, 6) is -2.01. The minimum atomic E-state index is -3.51. The Balaban J connectivity index is 1.29. The number of carbonyl (C=O) groups excluding carboxylic acids is 3. The summed E-state index contributed by atoms with van der Waals surface area (Å²) in [6.45, 7) is 5.33. The van der Waals surface area contributed by atoms with Gasteiger partial charge in [0.2, 0.25) is 14.8 Å². The Morgan fingerprint density at radius 2 is 1.84 bits per heavy atom. The largest absolute Gasteiger partial charge is 0.463 e. The Morgan fingerprint density at radius 3 is 2.56 bits per heavy atom. The summed E-state index contributed by atoms with van der Waals surface area (Å²) in [5.41, 5.74) is 0.358. The normalized spacial score (nSPS) is 26.7. The smallest absolute Gasteiger partial charge is 0.330 e. The van der Waals surface area contributed by atoms with Crippen molar-refractivity contribution in [2.24, 2.45) is 11.8 Å². The van der Waals surface area contributed by atoms with Crippen LogP contribution in [0.4, 0.5) is 0 Å². The zero-order valence-corrected chi connectivity index (χ0v) is 27.3. The maximum Gasteiger partial charge on any atom is 0.330 e. The van der Waals surface area contributed by atoms with Crippen molar-refractivity contribution in [1.82, 2.24) is 10.6 Å². The molecule has 3 aliphatic rings. The molecular weight excluding hydrogens is 628 g/mol. The van der Waals surface area contributed by atoms with Crippen molar-refractivity contribution in [3.05, 3.63) is 45.5 Å². The molecule has 7 atom stereocenters. The van der Waals surface area contributed by atoms with Gasteiger partial charge in [-0.3, -0.25) is 9.59 Å². The SMILES string of the molecule is C/C(=C\C(=O)OCCCCCCCC(=O)NC1=C2SS(=O)(=O)C=C2NC1=O)C(O)C1OCC(C/C=C/C(C)C(C)O)C(O)C1O. The van der Waals surface area contributed by atoms with Crippen LogP contribution in [0.25, 0.3) is 0 Å². The van der Waals surface area contributed by atoms with Gasteiger partial charge >= 0.3 is 5.97 Å². The van der Waals surface area contributed by atoms with Crippen LogP contribution in [-0.2, 0) is 32.7 Å². The van der Waals surface area contributed by atoms with Gasteiger partial charge < -0.3 is 40.5 Å². The van der Waals surface area contributed by atoms with Crippen molar-refractivity contribution in [1.29, 1.82) is 0 Å². The summed E-state index contributed by atoms with van der Waals surface area (Å²) < 4.78 is 34.2. The van der Waals surface area contributed by atoms with Crippen LogP contribution in [0.2, 0.25) is 0 Å². The first-order valence-corrected chi connectivity index (χ1v) is 18.0. The van der Waals surface area contributed by atoms with Crippen molar-refractivity contribution < 1.29 is 52.7 Å². The zero-order valence-electron chi connectivity index (χ0n) is 25.7. The third-order valence-corrected chi connectivity index (χ3v) is 10.7. The van der Waals surface area contributed by atoms with Gasteiger partial charge in [-0.1, -0.05) is 38.3 Å². The van der Waals surface area contributed by atoms with Gasteiger partial charge in [0.1, 0.15) is 24.0 Å². The molecule has 3 heterocycles. The number of carbonyl (C=O) groups is 3. The first-order valence-electron chi connectivity index (χ1n) is 15.1. The van der Waals surface area contributed by atoms with E-state index in [2.05, 4.69) is 10.6 Å². The number of hydrogen-bond donors (Lipinski definition) is 6. The van der Waals surface area contributed by atoms with Crippen LogP contribution in [0.3, 0.4) is 0 Å². The molecule has 0 aromatic heterocycles. The molecule has 0 aliphatic carbocycles. The van der Waals surface area contributed by atoms with E-state index in [1.165, 1.54) is 6.92 Å². The molecule has 7 unspecified atom stereocenters. The van der Waals surface area contributed by atoms with Gasteiger partial charge in [-0.15, -0.1) is 0 Å². The Labute approximate surface area is 267 Å². The molecule has 0 aromatic carbocycles. The number of unbranched alkanes of at least 4 members (excludes halogenated alkanes) is 4. The highest BCUT2D eigenvalue weighted by Crippen LogP contribution is 2.41. The van der Waals surface area contributed by atoms with Crippen LogP contribution in [0.5, 0.6) is 0 Å². The predicted octanol–water partition coefficient (Wildman–Crippen LogP) is 1.25. The highest BCUT2D eigenvalue weighted by molar-refractivity contribution is 8.75. The van der Waals surface area contributed by atoms with Gasteiger partial charge in [-0.2, -0.15) is 0 Å². The van der Waals surface area contributed by atoms with Gasteiger partial charge in [0.05, 0.1) is 41.4 Å². The lowest BCUT2D eigenvalue weighted by molar-refractivity contribution is -0.187. The van der Waals surface area contributed by atoms with Gasteiger partial charge in [0.15, 0.2) is 0 Å². The average molecular weight is 673 g/mol. The van der Waals surface area contributed by atoms with E-state index in [9.17, 15) is 43.2 Å². The van der Waals surface area contributed by atoms with Crippen molar-refractivity contribution in [3.8, 4) is 0 Å². The van der Waals surface area contributed by atoms with E-state index in [1.807, 2.05) is 19.1 Å². The fourth-order valence-corrected chi connectivity index (χ4v) is 7.83. The van der Waals surface area contributed by atoms with E-state index in [4.69, 9.17) is 9.47 Å². The maximum atomic E-state index is 12.2. The summed E-state index contributed by atoms with van der Waals surface area (Å²) in [4.78, 5) is 36.7. The number of ether oxygens (including phenoxy) is 2. The van der Waals surface area contributed by atoms with Crippen LogP contribution in [0.1, 0.15) is 65.7 Å². The van der Waals surface area contributed by atoms with Crippen LogP contribution in [-0.4, -0.2) is 90.4 Å². The van der Waals surface area contributed by atoms with Crippen LogP contribution < -0.4 is 10.6 Å². The van der Waals surface area contributed by atoms with Gasteiger partial charge in [0, 0.05) is 29.2 Å². The molecule has 0 radical (unpaired) electrons. The molecule has 6 N–H and O–H groups in total. The zero-order chi connectivity index (χ0) is 33.3. The number of rotatable bonds is 16. The lowest BCUT2D eigenvalue weighted by atomic mass is 9.86. The van der Waals surface area contributed by atoms with E-state index in [-0.39, 0.29) is 59.2 Å². The molecule has 3 aliphatic heterocycles. The van der Waals surface area contributed by atoms with Crippen molar-refractivity contribution in [2.75, 3.05) is 13.2 Å². The molecule has 0 aromatic rings. The van der Waals surface area contributed by atoms with Crippen molar-refractivity contribution in [2.45, 2.75) is 96.2 Å². The first kappa shape index (κ1) is 36.9. The fraction of sp³-hybridized carbons (Fsp3) is 0.633. The number of amides is 2. The maximum absolute atomic E-state index is 12.2. The first-order chi connectivity index (χ1) is 21.2. The third kappa shape index (κ3) is 10.8. The van der Waals surface area contributed by atoms with Crippen molar-refractivity contribution in [3.63, 3.8) is 0 Å². The second-order valence-electron chi connectivity index (χ2n) is 11.6. The number of aliphatic hydroxyl groups is 4. The van der Waals surface area contributed by atoms with Gasteiger partial charge in [0.25, 0.3) is 5.91 Å².